The fourth-order valence-corrected chi connectivity index (χ4v) is 3.18. The van der Waals surface area contributed by atoms with E-state index in [2.05, 4.69) is 35.0 Å². The van der Waals surface area contributed by atoms with E-state index in [-0.39, 0.29) is 5.75 Å². The summed E-state index contributed by atoms with van der Waals surface area (Å²) in [4.78, 5) is 0. The van der Waals surface area contributed by atoms with Crippen molar-refractivity contribution in [2.24, 2.45) is 0 Å². The summed E-state index contributed by atoms with van der Waals surface area (Å²) in [6.45, 7) is 0.848. The number of hydrogen-bond donors (Lipinski definition) is 1. The molecule has 1 fully saturated rings. The van der Waals surface area contributed by atoms with E-state index in [1.807, 2.05) is 12.1 Å². The van der Waals surface area contributed by atoms with E-state index in [0.29, 0.717) is 5.92 Å². The first-order chi connectivity index (χ1) is 12.2. The molecular formula is C21H22N2O2. The van der Waals surface area contributed by atoms with E-state index in [9.17, 15) is 5.11 Å². The molecule has 2 aromatic carbocycles. The summed E-state index contributed by atoms with van der Waals surface area (Å²) in [5, 5.41) is 15.0. The topological polar surface area (TPSA) is 47.3 Å². The van der Waals surface area contributed by atoms with Gasteiger partial charge in [0.15, 0.2) is 0 Å². The summed E-state index contributed by atoms with van der Waals surface area (Å²) in [7, 11) is 1.63. The van der Waals surface area contributed by atoms with Crippen LogP contribution in [0, 0.1) is 0 Å². The van der Waals surface area contributed by atoms with Crippen LogP contribution >= 0.6 is 0 Å². The van der Waals surface area contributed by atoms with Gasteiger partial charge in [-0.05, 0) is 49.1 Å². The van der Waals surface area contributed by atoms with Gasteiger partial charge in [-0.2, -0.15) is 5.10 Å². The van der Waals surface area contributed by atoms with Crippen molar-refractivity contribution in [3.8, 4) is 22.8 Å². The van der Waals surface area contributed by atoms with Gasteiger partial charge in [-0.1, -0.05) is 30.3 Å². The van der Waals surface area contributed by atoms with E-state index >= 15 is 0 Å². The quantitative estimate of drug-likeness (QED) is 0.727. The number of methoxy groups -OCH3 is 1. The number of rotatable bonds is 6. The molecule has 25 heavy (non-hydrogen) atoms. The number of phenols is 1. The molecule has 4 heteroatoms. The first kappa shape index (κ1) is 15.8. The molecule has 0 saturated heterocycles. The highest BCUT2D eigenvalue weighted by Crippen LogP contribution is 2.42. The molecule has 0 atom stereocenters. The minimum absolute atomic E-state index is 0.232. The zero-order valence-electron chi connectivity index (χ0n) is 14.4. The van der Waals surface area contributed by atoms with Gasteiger partial charge in [0.1, 0.15) is 11.5 Å². The van der Waals surface area contributed by atoms with Gasteiger partial charge in [-0.3, -0.25) is 4.68 Å². The Bertz CT molecular complexity index is 867. The molecule has 0 radical (unpaired) electrons. The van der Waals surface area contributed by atoms with E-state index in [4.69, 9.17) is 9.84 Å². The molecule has 0 bridgehead atoms. The van der Waals surface area contributed by atoms with Crippen LogP contribution in [0.25, 0.3) is 11.3 Å². The van der Waals surface area contributed by atoms with Gasteiger partial charge in [0.25, 0.3) is 0 Å². The van der Waals surface area contributed by atoms with E-state index in [1.165, 1.54) is 24.1 Å². The normalized spacial score (nSPS) is 13.8. The average molecular weight is 334 g/mol. The molecular weight excluding hydrogens is 312 g/mol. The second-order valence-corrected chi connectivity index (χ2v) is 6.57. The third kappa shape index (κ3) is 3.38. The van der Waals surface area contributed by atoms with Crippen molar-refractivity contribution in [2.75, 3.05) is 7.11 Å². The van der Waals surface area contributed by atoms with Crippen molar-refractivity contribution in [1.29, 1.82) is 0 Å². The highest BCUT2D eigenvalue weighted by atomic mass is 16.5. The lowest BCUT2D eigenvalue weighted by molar-refractivity contribution is 0.412. The predicted octanol–water partition coefficient (Wildman–Crippen LogP) is 4.38. The van der Waals surface area contributed by atoms with Gasteiger partial charge in [0.2, 0.25) is 0 Å². The molecule has 1 saturated carbocycles. The van der Waals surface area contributed by atoms with E-state index in [1.54, 1.807) is 19.2 Å². The van der Waals surface area contributed by atoms with Crippen LogP contribution < -0.4 is 4.74 Å². The van der Waals surface area contributed by atoms with Crippen LogP contribution in [0.15, 0.2) is 54.6 Å². The van der Waals surface area contributed by atoms with Crippen LogP contribution in [0.2, 0.25) is 0 Å². The molecule has 0 unspecified atom stereocenters. The minimum atomic E-state index is 0.232. The number of hydrogen-bond acceptors (Lipinski definition) is 3. The molecule has 1 N–H and O–H groups in total. The molecule has 128 valence electrons. The Balaban J connectivity index is 1.64. The maximum Gasteiger partial charge on any atom is 0.125 e. The van der Waals surface area contributed by atoms with Crippen molar-refractivity contribution in [1.82, 2.24) is 9.78 Å². The summed E-state index contributed by atoms with van der Waals surface area (Å²) in [6.07, 6.45) is 3.40. The number of benzene rings is 2. The lowest BCUT2D eigenvalue weighted by Gasteiger charge is -2.07. The largest absolute Gasteiger partial charge is 0.507 e. The fraction of sp³-hybridized carbons (Fsp3) is 0.286. The second-order valence-electron chi connectivity index (χ2n) is 6.57. The molecule has 0 amide bonds. The summed E-state index contributed by atoms with van der Waals surface area (Å²) in [5.41, 5.74) is 4.12. The van der Waals surface area contributed by atoms with Gasteiger partial charge < -0.3 is 9.84 Å². The number of aryl methyl sites for hydroxylation is 2. The minimum Gasteiger partial charge on any atom is -0.507 e. The number of aromatic hydroxyl groups is 1. The van der Waals surface area contributed by atoms with Gasteiger partial charge >= 0.3 is 0 Å². The molecule has 1 aromatic heterocycles. The third-order valence-electron chi connectivity index (χ3n) is 4.74. The molecule has 1 aliphatic rings. The Morgan fingerprint density at radius 1 is 1.12 bits per heavy atom. The summed E-state index contributed by atoms with van der Waals surface area (Å²) < 4.78 is 7.40. The SMILES string of the molecule is COc1ccc(O)c(-c2cc(C3CC3)n(CCc3ccccc3)n2)c1. The lowest BCUT2D eigenvalue weighted by atomic mass is 10.1. The molecule has 1 heterocycles. The Kier molecular flexibility index (Phi) is 4.18. The highest BCUT2D eigenvalue weighted by molar-refractivity contribution is 5.69. The summed E-state index contributed by atoms with van der Waals surface area (Å²) >= 11 is 0. The summed E-state index contributed by atoms with van der Waals surface area (Å²) in [6, 6.07) is 17.9. The zero-order valence-corrected chi connectivity index (χ0v) is 14.4. The Morgan fingerprint density at radius 2 is 1.92 bits per heavy atom. The van der Waals surface area contributed by atoms with Gasteiger partial charge in [-0.25, -0.2) is 0 Å². The fourth-order valence-electron chi connectivity index (χ4n) is 3.18. The molecule has 3 aromatic rings. The van der Waals surface area contributed by atoms with Crippen LogP contribution in [0.1, 0.15) is 30.0 Å². The van der Waals surface area contributed by atoms with Crippen LogP contribution in [-0.2, 0) is 13.0 Å². The van der Waals surface area contributed by atoms with Crippen molar-refractivity contribution in [3.63, 3.8) is 0 Å². The first-order valence-corrected chi connectivity index (χ1v) is 8.73. The second kappa shape index (κ2) is 6.63. The zero-order chi connectivity index (χ0) is 17.2. The maximum atomic E-state index is 10.2. The van der Waals surface area contributed by atoms with Gasteiger partial charge in [0.05, 0.1) is 12.8 Å². The van der Waals surface area contributed by atoms with Crippen molar-refractivity contribution >= 4 is 0 Å². The monoisotopic (exact) mass is 334 g/mol. The van der Waals surface area contributed by atoms with Crippen LogP contribution in [0.4, 0.5) is 0 Å². The molecule has 4 rings (SSSR count). The smallest absolute Gasteiger partial charge is 0.125 e. The predicted molar refractivity (Wildman–Crippen MR) is 98.0 cm³/mol. The Hall–Kier alpha value is -2.75. The summed E-state index contributed by atoms with van der Waals surface area (Å²) in [5.74, 6) is 1.56. The Morgan fingerprint density at radius 3 is 2.64 bits per heavy atom. The Labute approximate surface area is 147 Å². The maximum absolute atomic E-state index is 10.2. The third-order valence-corrected chi connectivity index (χ3v) is 4.74. The van der Waals surface area contributed by atoms with E-state index < -0.39 is 0 Å². The number of phenolic OH excluding ortho intramolecular Hbond substituents is 1. The molecule has 0 aliphatic heterocycles. The van der Waals surface area contributed by atoms with Crippen LogP contribution in [0.5, 0.6) is 11.5 Å². The number of aromatic nitrogens is 2. The molecule has 4 nitrogen and oxygen atoms in total. The lowest BCUT2D eigenvalue weighted by Crippen LogP contribution is -2.06. The average Bonchev–Trinajstić information content (AvgIpc) is 3.41. The number of nitrogens with zero attached hydrogens (tertiary/aromatic N) is 2. The standard InChI is InChI=1S/C21H22N2O2/c1-25-17-9-10-21(24)18(13-17)19-14-20(16-7-8-16)23(22-19)12-11-15-5-3-2-4-6-15/h2-6,9-10,13-14,16,24H,7-8,11-12H2,1H3. The van der Waals surface area contributed by atoms with Crippen molar-refractivity contribution in [2.45, 2.75) is 31.7 Å². The van der Waals surface area contributed by atoms with Gasteiger partial charge in [-0.15, -0.1) is 0 Å². The van der Waals surface area contributed by atoms with Gasteiger partial charge in [0, 0.05) is 23.7 Å². The van der Waals surface area contributed by atoms with Crippen LogP contribution in [0.3, 0.4) is 0 Å². The highest BCUT2D eigenvalue weighted by Gasteiger charge is 2.28. The molecule has 0 spiro atoms. The molecule has 1 aliphatic carbocycles. The number of ether oxygens (including phenoxy) is 1. The van der Waals surface area contributed by atoms with Crippen molar-refractivity contribution < 1.29 is 9.84 Å². The first-order valence-electron chi connectivity index (χ1n) is 8.73. The van der Waals surface area contributed by atoms with Crippen LogP contribution in [-0.4, -0.2) is 22.0 Å². The van der Waals surface area contributed by atoms with E-state index in [0.717, 1.165) is 30.0 Å². The van der Waals surface area contributed by atoms with Crippen molar-refractivity contribution in [3.05, 3.63) is 65.9 Å².